The Morgan fingerprint density at radius 1 is 0.690 bits per heavy atom. The summed E-state index contributed by atoms with van der Waals surface area (Å²) in [6, 6.07) is 4.37. The Balaban J connectivity index is 1.79. The van der Waals surface area contributed by atoms with Crippen molar-refractivity contribution < 1.29 is 29.4 Å². The van der Waals surface area contributed by atoms with E-state index in [1.54, 1.807) is 12.1 Å². The number of benzene rings is 2. The van der Waals surface area contributed by atoms with E-state index >= 15 is 0 Å². The second-order valence-electron chi connectivity index (χ2n) is 11.3. The van der Waals surface area contributed by atoms with Gasteiger partial charge in [-0.05, 0) is 74.6 Å². The van der Waals surface area contributed by atoms with Crippen LogP contribution in [0.3, 0.4) is 0 Å². The lowest BCUT2D eigenvalue weighted by Gasteiger charge is -2.25. The van der Waals surface area contributed by atoms with Crippen LogP contribution in [-0.2, 0) is 9.59 Å². The van der Waals surface area contributed by atoms with Crippen LogP contribution < -0.4 is 33.6 Å². The summed E-state index contributed by atoms with van der Waals surface area (Å²) in [7, 11) is 0. The van der Waals surface area contributed by atoms with E-state index in [-0.39, 0.29) is 45.6 Å². The molecule has 0 saturated heterocycles. The van der Waals surface area contributed by atoms with Crippen LogP contribution in [0, 0.1) is 11.8 Å². The number of nitrogens with two attached hydrogens (primary N) is 4. The summed E-state index contributed by atoms with van der Waals surface area (Å²) in [5, 5.41) is 27.4. The molecule has 0 aromatic heterocycles. The quantitative estimate of drug-likeness (QED) is 0.0902. The minimum Gasteiger partial charge on any atom is -0.507 e. The van der Waals surface area contributed by atoms with E-state index in [1.807, 2.05) is 13.8 Å². The van der Waals surface area contributed by atoms with Crippen LogP contribution in [0.1, 0.15) is 84.2 Å². The van der Waals surface area contributed by atoms with Gasteiger partial charge in [0, 0.05) is 24.5 Å². The van der Waals surface area contributed by atoms with Gasteiger partial charge in [-0.3, -0.25) is 19.2 Å². The number of primary amides is 2. The molecule has 4 unspecified atom stereocenters. The summed E-state index contributed by atoms with van der Waals surface area (Å²) in [5.41, 5.74) is 22.6. The number of anilines is 2. The monoisotopic (exact) mass is 582 g/mol. The second-order valence-corrected chi connectivity index (χ2v) is 11.3. The highest BCUT2D eigenvalue weighted by molar-refractivity contribution is 6.33. The smallest absolute Gasteiger partial charge is 0.234 e. The summed E-state index contributed by atoms with van der Waals surface area (Å²) in [6.07, 6.45) is 3.84. The maximum atomic E-state index is 13.7. The predicted octanol–water partition coefficient (Wildman–Crippen LogP) is 1.94. The first-order valence-electron chi connectivity index (χ1n) is 14.2. The fraction of sp³-hybridized carbons (Fsp3) is 0.467. The molecule has 42 heavy (non-hydrogen) atoms. The lowest BCUT2D eigenvalue weighted by molar-refractivity contribution is -0.120. The van der Waals surface area contributed by atoms with E-state index < -0.39 is 35.5 Å². The van der Waals surface area contributed by atoms with Crippen molar-refractivity contribution in [3.8, 4) is 11.5 Å². The number of hydrogen-bond donors (Lipinski definition) is 8. The Hall–Kier alpha value is -4.16. The number of nitrogens with one attached hydrogen (secondary N) is 2. The van der Waals surface area contributed by atoms with Crippen LogP contribution in [-0.4, -0.2) is 58.8 Å². The third-order valence-corrected chi connectivity index (χ3v) is 7.70. The number of hydrogen-bond acceptors (Lipinski definition) is 10. The van der Waals surface area contributed by atoms with Crippen LogP contribution >= 0.6 is 0 Å². The summed E-state index contributed by atoms with van der Waals surface area (Å²) in [6.45, 7) is 4.90. The molecule has 0 radical (unpaired) electrons. The van der Waals surface area contributed by atoms with Gasteiger partial charge in [0.1, 0.15) is 11.5 Å². The fourth-order valence-corrected chi connectivity index (χ4v) is 5.34. The predicted molar refractivity (Wildman–Crippen MR) is 160 cm³/mol. The van der Waals surface area contributed by atoms with Gasteiger partial charge in [0.15, 0.2) is 0 Å². The molecule has 0 bridgehead atoms. The molecule has 228 valence electrons. The topological polar surface area (TPSA) is 237 Å². The summed E-state index contributed by atoms with van der Waals surface area (Å²) in [4.78, 5) is 49.9. The van der Waals surface area contributed by atoms with Crippen molar-refractivity contribution in [1.29, 1.82) is 0 Å². The Bertz CT molecular complexity index is 1250. The second kappa shape index (κ2) is 14.1. The highest BCUT2D eigenvalue weighted by Gasteiger charge is 2.38. The molecule has 12 nitrogen and oxygen atoms in total. The van der Waals surface area contributed by atoms with Crippen molar-refractivity contribution in [3.05, 3.63) is 46.5 Å². The van der Waals surface area contributed by atoms with E-state index in [2.05, 4.69) is 10.6 Å². The van der Waals surface area contributed by atoms with Crippen molar-refractivity contribution in [1.82, 2.24) is 0 Å². The number of rotatable bonds is 16. The van der Waals surface area contributed by atoms with Crippen LogP contribution in [0.15, 0.2) is 24.3 Å². The largest absolute Gasteiger partial charge is 0.507 e. The highest BCUT2D eigenvalue weighted by atomic mass is 16.3. The van der Waals surface area contributed by atoms with Crippen LogP contribution in [0.25, 0.3) is 0 Å². The number of aromatic hydroxyl groups is 2. The maximum absolute atomic E-state index is 13.7. The minimum atomic E-state index is -0.705. The summed E-state index contributed by atoms with van der Waals surface area (Å²) < 4.78 is 0. The van der Waals surface area contributed by atoms with Crippen molar-refractivity contribution in [2.75, 3.05) is 23.7 Å². The summed E-state index contributed by atoms with van der Waals surface area (Å²) >= 11 is 0. The van der Waals surface area contributed by atoms with Crippen molar-refractivity contribution in [2.45, 2.75) is 64.5 Å². The number of carbonyl (C=O) groups is 4. The average Bonchev–Trinajstić information content (AvgIpc) is 2.93. The van der Waals surface area contributed by atoms with Crippen LogP contribution in [0.5, 0.6) is 11.5 Å². The molecule has 0 spiro atoms. The molecule has 3 rings (SSSR count). The maximum Gasteiger partial charge on any atom is 0.234 e. The molecule has 1 aliphatic rings. The minimum absolute atomic E-state index is 0.114. The number of amides is 2. The Morgan fingerprint density at radius 3 is 1.38 bits per heavy atom. The molecular formula is C30H42N6O6. The molecule has 2 amide bonds. The number of ketones is 2. The first-order chi connectivity index (χ1) is 19.8. The van der Waals surface area contributed by atoms with Gasteiger partial charge in [0.05, 0.1) is 34.3 Å². The molecule has 1 aliphatic carbocycles. The van der Waals surface area contributed by atoms with Gasteiger partial charge in [-0.1, -0.05) is 13.8 Å². The third-order valence-electron chi connectivity index (χ3n) is 7.70. The SMILES string of the molecule is CC(CCCNc1ccc(NCCCC(C)CC(N)C(N)=O)c2c1C(=O)c1c(O)ccc(O)c1C2=O)CC(N)C(N)=O. The van der Waals surface area contributed by atoms with Gasteiger partial charge < -0.3 is 43.8 Å². The first-order valence-corrected chi connectivity index (χ1v) is 14.2. The molecule has 2 aromatic rings. The van der Waals surface area contributed by atoms with Gasteiger partial charge in [0.2, 0.25) is 23.4 Å². The number of carbonyl (C=O) groups excluding carboxylic acids is 4. The molecule has 0 heterocycles. The number of phenols is 2. The van der Waals surface area contributed by atoms with Gasteiger partial charge in [-0.2, -0.15) is 0 Å². The van der Waals surface area contributed by atoms with Gasteiger partial charge >= 0.3 is 0 Å². The lowest BCUT2D eigenvalue weighted by Crippen LogP contribution is -2.37. The number of phenolic OH excluding ortho intramolecular Hbond substituents is 2. The summed E-state index contributed by atoms with van der Waals surface area (Å²) in [5.74, 6) is -2.71. The van der Waals surface area contributed by atoms with E-state index in [0.717, 1.165) is 12.8 Å². The Morgan fingerprint density at radius 2 is 1.05 bits per heavy atom. The standard InChI is InChI=1S/C30H42N6O6/c1-15(13-17(31)29(33)41)5-3-11-35-19-7-8-20(36-12-4-6-16(2)14-18(32)30(34)42)24-23(19)27(39)25-21(37)9-10-22(38)26(25)28(24)40/h7-10,15-18,35-38H,3-6,11-14,31-32H2,1-2H3,(H2,33,41)(H2,34,42). The van der Waals surface area contributed by atoms with Gasteiger partial charge in [-0.25, -0.2) is 0 Å². The molecule has 0 aliphatic heterocycles. The normalized spacial score (nSPS) is 15.2. The fourth-order valence-electron chi connectivity index (χ4n) is 5.34. The third kappa shape index (κ3) is 7.56. The van der Waals surface area contributed by atoms with Gasteiger partial charge in [0.25, 0.3) is 0 Å². The zero-order chi connectivity index (χ0) is 31.1. The van der Waals surface area contributed by atoms with E-state index in [4.69, 9.17) is 22.9 Å². The number of fused-ring (bicyclic) bond motifs is 2. The molecule has 12 heteroatoms. The molecule has 0 fully saturated rings. The van der Waals surface area contributed by atoms with E-state index in [9.17, 15) is 29.4 Å². The van der Waals surface area contributed by atoms with Crippen molar-refractivity contribution in [3.63, 3.8) is 0 Å². The molecule has 2 aromatic carbocycles. The Kier molecular flexibility index (Phi) is 10.9. The van der Waals surface area contributed by atoms with E-state index in [1.165, 1.54) is 12.1 Å². The average molecular weight is 583 g/mol. The van der Waals surface area contributed by atoms with Crippen LogP contribution in [0.4, 0.5) is 11.4 Å². The van der Waals surface area contributed by atoms with Crippen molar-refractivity contribution in [2.24, 2.45) is 34.8 Å². The van der Waals surface area contributed by atoms with Crippen LogP contribution in [0.2, 0.25) is 0 Å². The van der Waals surface area contributed by atoms with Crippen molar-refractivity contribution >= 4 is 34.8 Å². The van der Waals surface area contributed by atoms with E-state index in [0.29, 0.717) is 50.1 Å². The zero-order valence-electron chi connectivity index (χ0n) is 24.1. The Labute approximate surface area is 245 Å². The zero-order valence-corrected chi connectivity index (χ0v) is 24.1. The van der Waals surface area contributed by atoms with Gasteiger partial charge in [-0.15, -0.1) is 0 Å². The lowest BCUT2D eigenvalue weighted by atomic mass is 9.81. The molecule has 0 saturated carbocycles. The molecule has 12 N–H and O–H groups in total. The molecular weight excluding hydrogens is 540 g/mol. The molecule has 4 atom stereocenters. The highest BCUT2D eigenvalue weighted by Crippen LogP contribution is 2.42. The first kappa shape index (κ1) is 32.4.